The highest BCUT2D eigenvalue weighted by molar-refractivity contribution is 9.10. The van der Waals surface area contributed by atoms with Gasteiger partial charge in [0.15, 0.2) is 0 Å². The maximum absolute atomic E-state index is 13.4. The lowest BCUT2D eigenvalue weighted by Gasteiger charge is -2.09. The van der Waals surface area contributed by atoms with Crippen LogP contribution in [0.5, 0.6) is 5.75 Å². The first kappa shape index (κ1) is 18.3. The van der Waals surface area contributed by atoms with E-state index in [4.69, 9.17) is 4.74 Å². The molecule has 3 rings (SSSR count). The number of carboxylic acid groups (broad SMARTS) is 1. The highest BCUT2D eigenvalue weighted by Crippen LogP contribution is 2.41. The van der Waals surface area contributed by atoms with Gasteiger partial charge in [-0.3, -0.25) is 4.79 Å². The molecule has 4 nitrogen and oxygen atoms in total. The fourth-order valence-corrected chi connectivity index (χ4v) is 3.31. The van der Waals surface area contributed by atoms with Crippen molar-refractivity contribution < 1.29 is 27.8 Å². The average Bonchev–Trinajstić information content (AvgIpc) is 2.91. The average molecular weight is 428 g/mol. The van der Waals surface area contributed by atoms with Crippen LogP contribution in [0.25, 0.3) is 22.2 Å². The molecular weight excluding hydrogens is 415 g/mol. The summed E-state index contributed by atoms with van der Waals surface area (Å²) in [5.41, 5.74) is 0.0461. The van der Waals surface area contributed by atoms with E-state index in [1.165, 1.54) is 19.2 Å². The number of fused-ring (bicyclic) bond motifs is 1. The first-order chi connectivity index (χ1) is 12.2. The van der Waals surface area contributed by atoms with Crippen LogP contribution in [0.3, 0.4) is 0 Å². The summed E-state index contributed by atoms with van der Waals surface area (Å²) in [6.07, 6.45) is -4.99. The van der Waals surface area contributed by atoms with Crippen molar-refractivity contribution in [3.05, 3.63) is 52.0 Å². The molecule has 0 bridgehead atoms. The van der Waals surface area contributed by atoms with Crippen LogP contribution in [0, 0.1) is 0 Å². The third-order valence-electron chi connectivity index (χ3n) is 4.01. The molecule has 0 radical (unpaired) electrons. The van der Waals surface area contributed by atoms with Crippen molar-refractivity contribution in [1.29, 1.82) is 0 Å². The molecule has 8 heteroatoms. The molecule has 0 spiro atoms. The number of aromatic nitrogens is 1. The number of ether oxygens (including phenoxy) is 1. The summed E-state index contributed by atoms with van der Waals surface area (Å²) in [5.74, 6) is -0.724. The molecule has 0 aliphatic rings. The molecule has 26 heavy (non-hydrogen) atoms. The van der Waals surface area contributed by atoms with Crippen molar-refractivity contribution in [2.75, 3.05) is 7.11 Å². The summed E-state index contributed by atoms with van der Waals surface area (Å²) in [6.45, 7) is 0. The van der Waals surface area contributed by atoms with Crippen LogP contribution in [0.15, 0.2) is 40.9 Å². The number of hydrogen-bond donors (Lipinski definition) is 2. The van der Waals surface area contributed by atoms with E-state index in [-0.39, 0.29) is 22.2 Å². The van der Waals surface area contributed by atoms with Gasteiger partial charge in [-0.1, -0.05) is 28.1 Å². The first-order valence-corrected chi connectivity index (χ1v) is 8.28. The lowest BCUT2D eigenvalue weighted by Crippen LogP contribution is -2.05. The number of aliphatic carboxylic acids is 1. The standard InChI is InChI=1S/C18H13BrF3NO3/c1-26-14-6-5-9(19)7-12(14)16-11(8-15(24)25)10-3-2-4-13(17(10)23-16)18(20,21)22/h2-7,23H,8H2,1H3,(H,24,25). The second-order valence-electron chi connectivity index (χ2n) is 5.62. The Morgan fingerprint density at radius 1 is 1.27 bits per heavy atom. The van der Waals surface area contributed by atoms with Crippen LogP contribution in [0.4, 0.5) is 13.2 Å². The van der Waals surface area contributed by atoms with E-state index in [2.05, 4.69) is 20.9 Å². The first-order valence-electron chi connectivity index (χ1n) is 7.49. The van der Waals surface area contributed by atoms with Gasteiger partial charge in [0, 0.05) is 15.4 Å². The van der Waals surface area contributed by atoms with Gasteiger partial charge in [-0.25, -0.2) is 0 Å². The van der Waals surface area contributed by atoms with Crippen molar-refractivity contribution in [1.82, 2.24) is 4.98 Å². The summed E-state index contributed by atoms with van der Waals surface area (Å²) < 4.78 is 46.1. The van der Waals surface area contributed by atoms with Crippen LogP contribution < -0.4 is 4.74 Å². The summed E-state index contributed by atoms with van der Waals surface area (Å²) >= 11 is 3.32. The monoisotopic (exact) mass is 427 g/mol. The minimum atomic E-state index is -4.57. The van der Waals surface area contributed by atoms with E-state index in [1.54, 1.807) is 18.2 Å². The predicted molar refractivity (Wildman–Crippen MR) is 94.3 cm³/mol. The van der Waals surface area contributed by atoms with Gasteiger partial charge in [-0.2, -0.15) is 13.2 Å². The number of carboxylic acids is 1. The van der Waals surface area contributed by atoms with E-state index in [0.29, 0.717) is 15.8 Å². The smallest absolute Gasteiger partial charge is 0.418 e. The highest BCUT2D eigenvalue weighted by Gasteiger charge is 2.34. The Hall–Kier alpha value is -2.48. The largest absolute Gasteiger partial charge is 0.496 e. The molecule has 1 aromatic heterocycles. The summed E-state index contributed by atoms with van der Waals surface area (Å²) in [7, 11) is 1.44. The van der Waals surface area contributed by atoms with Crippen LogP contribution in [-0.4, -0.2) is 23.2 Å². The fraction of sp³-hybridized carbons (Fsp3) is 0.167. The second-order valence-corrected chi connectivity index (χ2v) is 6.54. The van der Waals surface area contributed by atoms with Crippen molar-refractivity contribution in [3.63, 3.8) is 0 Å². The number of rotatable bonds is 4. The van der Waals surface area contributed by atoms with Gasteiger partial charge in [-0.05, 0) is 29.8 Å². The molecule has 3 aromatic rings. The molecule has 0 saturated carbocycles. The Morgan fingerprint density at radius 2 is 2.00 bits per heavy atom. The number of nitrogens with one attached hydrogen (secondary N) is 1. The minimum Gasteiger partial charge on any atom is -0.496 e. The number of methoxy groups -OCH3 is 1. The Bertz CT molecular complexity index is 995. The van der Waals surface area contributed by atoms with Gasteiger partial charge in [-0.15, -0.1) is 0 Å². The Labute approximate surface area is 154 Å². The molecule has 0 fully saturated rings. The lowest BCUT2D eigenvalue weighted by atomic mass is 10.0. The molecule has 0 atom stereocenters. The van der Waals surface area contributed by atoms with Crippen molar-refractivity contribution in [2.45, 2.75) is 12.6 Å². The molecule has 136 valence electrons. The lowest BCUT2D eigenvalue weighted by molar-refractivity contribution is -0.137. The van der Waals surface area contributed by atoms with Gasteiger partial charge in [0.05, 0.1) is 30.3 Å². The van der Waals surface area contributed by atoms with Crippen molar-refractivity contribution >= 4 is 32.8 Å². The molecule has 1 heterocycles. The Morgan fingerprint density at radius 3 is 2.62 bits per heavy atom. The third kappa shape index (κ3) is 3.29. The molecule has 2 aromatic carbocycles. The number of benzene rings is 2. The number of halogens is 4. The normalized spacial score (nSPS) is 11.7. The molecule has 0 saturated heterocycles. The predicted octanol–water partition coefficient (Wildman–Crippen LogP) is 5.25. The Kier molecular flexibility index (Phi) is 4.70. The van der Waals surface area contributed by atoms with Crippen LogP contribution >= 0.6 is 15.9 Å². The topological polar surface area (TPSA) is 62.3 Å². The van der Waals surface area contributed by atoms with Crippen LogP contribution in [-0.2, 0) is 17.4 Å². The van der Waals surface area contributed by atoms with Gasteiger partial charge >= 0.3 is 12.1 Å². The number of H-pyrrole nitrogens is 1. The quantitative estimate of drug-likeness (QED) is 0.597. The summed E-state index contributed by atoms with van der Waals surface area (Å²) in [6, 6.07) is 8.76. The second kappa shape index (κ2) is 6.68. The maximum Gasteiger partial charge on any atom is 0.418 e. The number of aromatic amines is 1. The van der Waals surface area contributed by atoms with Gasteiger partial charge < -0.3 is 14.8 Å². The summed E-state index contributed by atoms with van der Waals surface area (Å²) in [5, 5.41) is 9.47. The van der Waals surface area contributed by atoms with Crippen molar-refractivity contribution in [2.24, 2.45) is 0 Å². The zero-order chi connectivity index (χ0) is 19.1. The molecular formula is C18H13BrF3NO3. The van der Waals surface area contributed by atoms with Crippen molar-refractivity contribution in [3.8, 4) is 17.0 Å². The fourth-order valence-electron chi connectivity index (χ4n) is 2.95. The third-order valence-corrected chi connectivity index (χ3v) is 4.50. The number of hydrogen-bond acceptors (Lipinski definition) is 2. The van der Waals surface area contributed by atoms with Crippen LogP contribution in [0.1, 0.15) is 11.1 Å². The minimum absolute atomic E-state index is 0.145. The van der Waals surface area contributed by atoms with E-state index in [1.807, 2.05) is 0 Å². The van der Waals surface area contributed by atoms with E-state index in [9.17, 15) is 23.1 Å². The number of carbonyl (C=O) groups is 1. The molecule has 0 aliphatic carbocycles. The van der Waals surface area contributed by atoms with E-state index >= 15 is 0 Å². The zero-order valence-corrected chi connectivity index (χ0v) is 15.0. The maximum atomic E-state index is 13.4. The SMILES string of the molecule is COc1ccc(Br)cc1-c1[nH]c2c(C(F)(F)F)cccc2c1CC(=O)O. The van der Waals surface area contributed by atoms with E-state index < -0.39 is 24.1 Å². The van der Waals surface area contributed by atoms with E-state index in [0.717, 1.165) is 6.07 Å². The zero-order valence-electron chi connectivity index (χ0n) is 13.4. The summed E-state index contributed by atoms with van der Waals surface area (Å²) in [4.78, 5) is 14.1. The molecule has 0 amide bonds. The van der Waals surface area contributed by atoms with Gasteiger partial charge in [0.25, 0.3) is 0 Å². The molecule has 2 N–H and O–H groups in total. The number of para-hydroxylation sites is 1. The Balaban J connectivity index is 2.38. The van der Waals surface area contributed by atoms with Crippen LogP contribution in [0.2, 0.25) is 0 Å². The molecule has 0 aliphatic heterocycles. The highest BCUT2D eigenvalue weighted by atomic mass is 79.9. The van der Waals surface area contributed by atoms with Gasteiger partial charge in [0.1, 0.15) is 5.75 Å². The molecule has 0 unspecified atom stereocenters. The van der Waals surface area contributed by atoms with Gasteiger partial charge in [0.2, 0.25) is 0 Å². The number of alkyl halides is 3.